The zero-order valence-electron chi connectivity index (χ0n) is 12.5. The quantitative estimate of drug-likeness (QED) is 0.638. The number of benzene rings is 1. The molecule has 7 heteroatoms. The number of ketones is 1. The molecule has 0 N–H and O–H groups in total. The third-order valence-electron chi connectivity index (χ3n) is 3.35. The van der Waals surface area contributed by atoms with E-state index in [1.807, 2.05) is 11.4 Å². The SMILES string of the molecule is Cn1c(=O)/c(=C\c2cccc(Cl)c2Cl)s/c1=C\C(=O)c1cccs1. The molecule has 3 nitrogen and oxygen atoms in total. The first-order valence-corrected chi connectivity index (χ1v) is 9.33. The molecule has 2 heterocycles. The molecule has 24 heavy (non-hydrogen) atoms. The van der Waals surface area contributed by atoms with E-state index in [2.05, 4.69) is 0 Å². The standard InChI is InChI=1S/C17H11Cl2NO2S2/c1-20-15(9-12(21)13-6-3-7-23-13)24-14(17(20)22)8-10-4-2-5-11(18)16(10)19/h2-9H,1H3/b14-8+,15-9-. The van der Waals surface area contributed by atoms with Gasteiger partial charge in [-0.1, -0.05) is 41.4 Å². The Hall–Kier alpha value is -1.66. The first-order chi connectivity index (χ1) is 11.5. The Balaban J connectivity index is 2.13. The molecule has 0 atom stereocenters. The predicted molar refractivity (Wildman–Crippen MR) is 102 cm³/mol. The van der Waals surface area contributed by atoms with Crippen LogP contribution in [-0.2, 0) is 7.05 Å². The maximum atomic E-state index is 12.4. The summed E-state index contributed by atoms with van der Waals surface area (Å²) >= 11 is 14.8. The van der Waals surface area contributed by atoms with Gasteiger partial charge < -0.3 is 4.57 Å². The third kappa shape index (κ3) is 3.39. The minimum atomic E-state index is -0.179. The topological polar surface area (TPSA) is 39.1 Å². The van der Waals surface area contributed by atoms with Gasteiger partial charge in [-0.25, -0.2) is 0 Å². The van der Waals surface area contributed by atoms with Crippen LogP contribution in [0, 0.1) is 0 Å². The summed E-state index contributed by atoms with van der Waals surface area (Å²) in [5, 5.41) is 2.67. The Morgan fingerprint density at radius 1 is 1.21 bits per heavy atom. The highest BCUT2D eigenvalue weighted by molar-refractivity contribution is 7.12. The van der Waals surface area contributed by atoms with Crippen molar-refractivity contribution in [2.24, 2.45) is 7.05 Å². The fraction of sp³-hybridized carbons (Fsp3) is 0.0588. The Kier molecular flexibility index (Phi) is 5.06. The van der Waals surface area contributed by atoms with E-state index < -0.39 is 0 Å². The normalized spacial score (nSPS) is 12.8. The lowest BCUT2D eigenvalue weighted by atomic mass is 10.2. The van der Waals surface area contributed by atoms with Crippen LogP contribution in [0.25, 0.3) is 12.2 Å². The van der Waals surface area contributed by atoms with Gasteiger partial charge in [0.15, 0.2) is 5.78 Å². The monoisotopic (exact) mass is 395 g/mol. The number of aromatic nitrogens is 1. The van der Waals surface area contributed by atoms with Crippen LogP contribution >= 0.6 is 45.9 Å². The number of hydrogen-bond acceptors (Lipinski definition) is 4. The van der Waals surface area contributed by atoms with Crippen molar-refractivity contribution in [1.82, 2.24) is 4.57 Å². The molecule has 0 radical (unpaired) electrons. The molecule has 0 fully saturated rings. The minimum Gasteiger partial charge on any atom is -0.302 e. The first kappa shape index (κ1) is 17.2. The smallest absolute Gasteiger partial charge is 0.268 e. The summed E-state index contributed by atoms with van der Waals surface area (Å²) in [5.41, 5.74) is 0.487. The number of carbonyl (C=O) groups is 1. The molecular formula is C17H11Cl2NO2S2. The van der Waals surface area contributed by atoms with E-state index in [0.717, 1.165) is 0 Å². The van der Waals surface area contributed by atoms with Crippen molar-refractivity contribution >= 4 is 63.8 Å². The van der Waals surface area contributed by atoms with Crippen LogP contribution in [0.2, 0.25) is 10.0 Å². The highest BCUT2D eigenvalue weighted by atomic mass is 35.5. The number of rotatable bonds is 3. The maximum Gasteiger partial charge on any atom is 0.268 e. The van der Waals surface area contributed by atoms with E-state index in [9.17, 15) is 9.59 Å². The number of halogens is 2. The molecule has 1 aromatic carbocycles. The number of Topliss-reactive ketones (excluding diaryl/α,β-unsaturated/α-hetero) is 1. The van der Waals surface area contributed by atoms with Crippen molar-refractivity contribution in [2.45, 2.75) is 0 Å². The Bertz CT molecular complexity index is 1080. The summed E-state index contributed by atoms with van der Waals surface area (Å²) in [5.74, 6) is -0.116. The molecule has 0 amide bonds. The number of hydrogen-bond donors (Lipinski definition) is 0. The highest BCUT2D eigenvalue weighted by Crippen LogP contribution is 2.25. The third-order valence-corrected chi connectivity index (χ3v) is 6.18. The molecule has 2 aromatic heterocycles. The van der Waals surface area contributed by atoms with Crippen molar-refractivity contribution < 1.29 is 4.79 Å². The molecule has 0 aliphatic heterocycles. The highest BCUT2D eigenvalue weighted by Gasteiger charge is 2.07. The average Bonchev–Trinajstić information content (AvgIpc) is 3.17. The number of nitrogens with zero attached hydrogens (tertiary/aromatic N) is 1. The fourth-order valence-electron chi connectivity index (χ4n) is 2.08. The van der Waals surface area contributed by atoms with Crippen molar-refractivity contribution in [3.8, 4) is 0 Å². The summed E-state index contributed by atoms with van der Waals surface area (Å²) in [7, 11) is 1.64. The van der Waals surface area contributed by atoms with E-state index in [1.165, 1.54) is 33.3 Å². The lowest BCUT2D eigenvalue weighted by Crippen LogP contribution is -2.29. The van der Waals surface area contributed by atoms with E-state index in [-0.39, 0.29) is 11.3 Å². The molecular weight excluding hydrogens is 385 g/mol. The maximum absolute atomic E-state index is 12.4. The molecule has 0 unspecified atom stereocenters. The molecule has 0 saturated carbocycles. The van der Waals surface area contributed by atoms with E-state index in [0.29, 0.717) is 29.7 Å². The largest absolute Gasteiger partial charge is 0.302 e. The Labute approximate surface area is 155 Å². The minimum absolute atomic E-state index is 0.116. The van der Waals surface area contributed by atoms with E-state index >= 15 is 0 Å². The first-order valence-electron chi connectivity index (χ1n) is 6.88. The van der Waals surface area contributed by atoms with Gasteiger partial charge in [-0.05, 0) is 29.2 Å². The second-order valence-corrected chi connectivity index (χ2v) is 7.74. The second-order valence-electron chi connectivity index (χ2n) is 4.94. The average molecular weight is 396 g/mol. The van der Waals surface area contributed by atoms with Crippen LogP contribution in [0.4, 0.5) is 0 Å². The molecule has 3 rings (SSSR count). The molecule has 0 aliphatic carbocycles. The van der Waals surface area contributed by atoms with Gasteiger partial charge in [-0.3, -0.25) is 9.59 Å². The van der Waals surface area contributed by atoms with Gasteiger partial charge in [-0.2, -0.15) is 0 Å². The molecule has 0 spiro atoms. The second kappa shape index (κ2) is 7.07. The zero-order valence-corrected chi connectivity index (χ0v) is 15.6. The van der Waals surface area contributed by atoms with Gasteiger partial charge >= 0.3 is 0 Å². The molecule has 122 valence electrons. The molecule has 0 saturated heterocycles. The van der Waals surface area contributed by atoms with Crippen molar-refractivity contribution in [2.75, 3.05) is 0 Å². The van der Waals surface area contributed by atoms with Crippen LogP contribution in [0.3, 0.4) is 0 Å². The summed E-state index contributed by atoms with van der Waals surface area (Å²) in [6.07, 6.45) is 3.17. The van der Waals surface area contributed by atoms with Crippen molar-refractivity contribution in [3.05, 3.63) is 75.7 Å². The van der Waals surface area contributed by atoms with Gasteiger partial charge in [0.05, 0.1) is 19.5 Å². The predicted octanol–water partition coefficient (Wildman–Crippen LogP) is 3.31. The van der Waals surface area contributed by atoms with Crippen LogP contribution in [0.15, 0.2) is 40.5 Å². The van der Waals surface area contributed by atoms with Crippen molar-refractivity contribution in [3.63, 3.8) is 0 Å². The summed E-state index contributed by atoms with van der Waals surface area (Å²) < 4.78 is 2.54. The molecule has 0 bridgehead atoms. The molecule has 0 aliphatic rings. The summed E-state index contributed by atoms with van der Waals surface area (Å²) in [6, 6.07) is 8.82. The van der Waals surface area contributed by atoms with Crippen LogP contribution < -0.4 is 14.8 Å². The van der Waals surface area contributed by atoms with Crippen LogP contribution in [0.1, 0.15) is 15.2 Å². The van der Waals surface area contributed by atoms with Gasteiger partial charge in [0.1, 0.15) is 4.66 Å². The molecule has 3 aromatic rings. The van der Waals surface area contributed by atoms with Crippen LogP contribution in [-0.4, -0.2) is 10.4 Å². The number of thiazole rings is 1. The number of thiophene rings is 1. The zero-order chi connectivity index (χ0) is 17.3. The van der Waals surface area contributed by atoms with Gasteiger partial charge in [0, 0.05) is 13.1 Å². The summed E-state index contributed by atoms with van der Waals surface area (Å²) in [6.45, 7) is 0. The van der Waals surface area contributed by atoms with Crippen molar-refractivity contribution in [1.29, 1.82) is 0 Å². The number of carbonyl (C=O) groups excluding carboxylic acids is 1. The lowest BCUT2D eigenvalue weighted by Gasteiger charge is -1.98. The van der Waals surface area contributed by atoms with Crippen LogP contribution in [0.5, 0.6) is 0 Å². The van der Waals surface area contributed by atoms with E-state index in [1.54, 1.807) is 37.4 Å². The lowest BCUT2D eigenvalue weighted by molar-refractivity contribution is 0.106. The van der Waals surface area contributed by atoms with Gasteiger partial charge in [-0.15, -0.1) is 22.7 Å². The summed E-state index contributed by atoms with van der Waals surface area (Å²) in [4.78, 5) is 25.2. The van der Waals surface area contributed by atoms with Gasteiger partial charge in [0.2, 0.25) is 0 Å². The fourth-order valence-corrected chi connectivity index (χ4v) is 4.10. The van der Waals surface area contributed by atoms with Gasteiger partial charge in [0.25, 0.3) is 5.56 Å². The Morgan fingerprint density at radius 3 is 2.71 bits per heavy atom. The van der Waals surface area contributed by atoms with E-state index in [4.69, 9.17) is 23.2 Å². The Morgan fingerprint density at radius 2 is 2.00 bits per heavy atom.